The summed E-state index contributed by atoms with van der Waals surface area (Å²) in [6, 6.07) is 3.26. The quantitative estimate of drug-likeness (QED) is 0.780. The molecule has 0 aliphatic carbocycles. The van der Waals surface area contributed by atoms with Gasteiger partial charge in [-0.1, -0.05) is 48.1 Å². The Kier molecular flexibility index (Phi) is 5.13. The van der Waals surface area contributed by atoms with Gasteiger partial charge in [0.05, 0.1) is 28.3 Å². The highest BCUT2D eigenvalue weighted by molar-refractivity contribution is 6.39. The summed E-state index contributed by atoms with van der Waals surface area (Å²) < 4.78 is 13.9. The molecule has 8 heteroatoms. The van der Waals surface area contributed by atoms with Gasteiger partial charge in [-0.05, 0) is 18.6 Å². The maximum absolute atomic E-state index is 6.40. The highest BCUT2D eigenvalue weighted by Gasteiger charge is 2.46. The molecule has 0 bridgehead atoms. The predicted octanol–water partition coefficient (Wildman–Crippen LogP) is 4.31. The number of ether oxygens (including phenoxy) is 2. The van der Waals surface area contributed by atoms with Gasteiger partial charge in [0, 0.05) is 5.02 Å². The number of benzene rings is 1. The summed E-state index contributed by atoms with van der Waals surface area (Å²) in [7, 11) is 0. The van der Waals surface area contributed by atoms with Gasteiger partial charge in [-0.15, -0.1) is 0 Å². The average molecular weight is 377 g/mol. The van der Waals surface area contributed by atoms with Crippen LogP contribution in [0, 0.1) is 0 Å². The predicted molar refractivity (Wildman–Crippen MR) is 88.9 cm³/mol. The summed E-state index contributed by atoms with van der Waals surface area (Å²) >= 11 is 18.8. The van der Waals surface area contributed by atoms with Crippen LogP contribution in [-0.4, -0.2) is 27.5 Å². The lowest BCUT2D eigenvalue weighted by atomic mass is 10.1. The Morgan fingerprint density at radius 1 is 1.30 bits per heavy atom. The third-order valence-electron chi connectivity index (χ3n) is 3.69. The van der Waals surface area contributed by atoms with E-state index in [1.807, 2.05) is 0 Å². The van der Waals surface area contributed by atoms with Crippen molar-refractivity contribution in [3.05, 3.63) is 45.4 Å². The van der Waals surface area contributed by atoms with Crippen LogP contribution in [0.5, 0.6) is 0 Å². The first-order valence-electron chi connectivity index (χ1n) is 7.33. The molecule has 1 aromatic carbocycles. The molecular weight excluding hydrogens is 361 g/mol. The lowest BCUT2D eigenvalue weighted by Crippen LogP contribution is -2.34. The van der Waals surface area contributed by atoms with Crippen molar-refractivity contribution in [1.29, 1.82) is 0 Å². The smallest absolute Gasteiger partial charge is 0.218 e. The fourth-order valence-electron chi connectivity index (χ4n) is 2.76. The third-order valence-corrected chi connectivity index (χ3v) is 4.51. The van der Waals surface area contributed by atoms with Crippen LogP contribution in [-0.2, 0) is 21.8 Å². The van der Waals surface area contributed by atoms with Gasteiger partial charge < -0.3 is 9.47 Å². The molecule has 2 unspecified atom stereocenters. The van der Waals surface area contributed by atoms with Crippen LogP contribution in [0.25, 0.3) is 0 Å². The lowest BCUT2D eigenvalue weighted by Gasteiger charge is -2.30. The number of rotatable bonds is 5. The maximum Gasteiger partial charge on any atom is 0.218 e. The summed E-state index contributed by atoms with van der Waals surface area (Å²) in [6.45, 7) is 2.87. The van der Waals surface area contributed by atoms with E-state index in [1.54, 1.807) is 23.1 Å². The summed E-state index contributed by atoms with van der Waals surface area (Å²) in [5, 5.41) is 5.40. The Labute approximate surface area is 149 Å². The van der Waals surface area contributed by atoms with Gasteiger partial charge in [0.15, 0.2) is 0 Å². The second kappa shape index (κ2) is 6.95. The normalized spacial score (nSPS) is 24.3. The molecule has 0 radical (unpaired) electrons. The number of hydrogen-bond acceptors (Lipinski definition) is 4. The molecule has 2 heterocycles. The summed E-state index contributed by atoms with van der Waals surface area (Å²) in [5.41, 5.74) is 0.569. The molecule has 2 atom stereocenters. The van der Waals surface area contributed by atoms with Crippen LogP contribution in [0.4, 0.5) is 0 Å². The number of aromatic nitrogens is 3. The first-order valence-corrected chi connectivity index (χ1v) is 8.46. The van der Waals surface area contributed by atoms with Gasteiger partial charge in [-0.25, -0.2) is 9.67 Å². The molecule has 1 aliphatic rings. The minimum Gasteiger partial charge on any atom is -0.342 e. The molecule has 23 heavy (non-hydrogen) atoms. The molecule has 0 saturated carbocycles. The van der Waals surface area contributed by atoms with Gasteiger partial charge in [0.2, 0.25) is 5.79 Å². The maximum atomic E-state index is 6.40. The van der Waals surface area contributed by atoms with Gasteiger partial charge in [-0.3, -0.25) is 0 Å². The summed E-state index contributed by atoms with van der Waals surface area (Å²) in [6.07, 6.45) is 4.92. The standard InChI is InChI=1S/C15H16Cl3N3O2/c1-2-3-11-6-22-15(23-11,7-21-9-19-8-20-21)14-12(17)4-10(16)5-13(14)18/h4-5,8-9,11H,2-3,6-7H2,1H3. The first-order chi connectivity index (χ1) is 11.0. The van der Waals surface area contributed by atoms with E-state index >= 15 is 0 Å². The van der Waals surface area contributed by atoms with E-state index in [2.05, 4.69) is 17.0 Å². The van der Waals surface area contributed by atoms with Crippen molar-refractivity contribution in [1.82, 2.24) is 14.8 Å². The zero-order chi connectivity index (χ0) is 16.4. The van der Waals surface area contributed by atoms with Crippen molar-refractivity contribution < 1.29 is 9.47 Å². The molecule has 2 aromatic rings. The minimum absolute atomic E-state index is 0.0219. The monoisotopic (exact) mass is 375 g/mol. The number of hydrogen-bond donors (Lipinski definition) is 0. The van der Waals surface area contributed by atoms with E-state index in [0.717, 1.165) is 12.8 Å². The van der Waals surface area contributed by atoms with Crippen LogP contribution >= 0.6 is 34.8 Å². The number of halogens is 3. The van der Waals surface area contributed by atoms with E-state index < -0.39 is 5.79 Å². The fourth-order valence-corrected chi connectivity index (χ4v) is 3.86. The molecule has 0 amide bonds. The zero-order valence-corrected chi connectivity index (χ0v) is 14.8. The van der Waals surface area contributed by atoms with E-state index in [9.17, 15) is 0 Å². The third kappa shape index (κ3) is 3.49. The van der Waals surface area contributed by atoms with E-state index in [4.69, 9.17) is 44.3 Å². The zero-order valence-electron chi connectivity index (χ0n) is 12.5. The molecule has 1 aromatic heterocycles. The van der Waals surface area contributed by atoms with Gasteiger partial charge >= 0.3 is 0 Å². The van der Waals surface area contributed by atoms with Crippen LogP contribution in [0.3, 0.4) is 0 Å². The average Bonchev–Trinajstić information content (AvgIpc) is 3.09. The van der Waals surface area contributed by atoms with Crippen LogP contribution in [0.1, 0.15) is 25.3 Å². The highest BCUT2D eigenvalue weighted by atomic mass is 35.5. The van der Waals surface area contributed by atoms with Gasteiger partial charge in [0.25, 0.3) is 0 Å². The Morgan fingerprint density at radius 2 is 2.04 bits per heavy atom. The molecular formula is C15H16Cl3N3O2. The minimum atomic E-state index is -1.10. The SMILES string of the molecule is CCCC1COC(Cn2cncn2)(c2c(Cl)cc(Cl)cc2Cl)O1. The van der Waals surface area contributed by atoms with Crippen molar-refractivity contribution in [3.8, 4) is 0 Å². The second-order valence-electron chi connectivity index (χ2n) is 5.43. The molecule has 1 aliphatic heterocycles. The van der Waals surface area contributed by atoms with E-state index in [0.29, 0.717) is 33.8 Å². The molecule has 1 fully saturated rings. The van der Waals surface area contributed by atoms with Crippen molar-refractivity contribution in [2.45, 2.75) is 38.2 Å². The molecule has 0 spiro atoms. The molecule has 1 saturated heterocycles. The van der Waals surface area contributed by atoms with E-state index in [1.165, 1.54) is 6.33 Å². The Hall–Kier alpha value is -0.850. The van der Waals surface area contributed by atoms with E-state index in [-0.39, 0.29) is 6.10 Å². The van der Waals surface area contributed by atoms with Crippen molar-refractivity contribution in [2.75, 3.05) is 6.61 Å². The molecule has 0 N–H and O–H groups in total. The summed E-state index contributed by atoms with van der Waals surface area (Å²) in [4.78, 5) is 3.96. The van der Waals surface area contributed by atoms with Crippen molar-refractivity contribution >= 4 is 34.8 Å². The molecule has 124 valence electrons. The van der Waals surface area contributed by atoms with Crippen LogP contribution < -0.4 is 0 Å². The fraction of sp³-hybridized carbons (Fsp3) is 0.467. The highest BCUT2D eigenvalue weighted by Crippen LogP contribution is 2.44. The van der Waals surface area contributed by atoms with Crippen molar-refractivity contribution in [3.63, 3.8) is 0 Å². The first kappa shape index (κ1) is 17.0. The Morgan fingerprint density at radius 3 is 2.65 bits per heavy atom. The van der Waals surface area contributed by atoms with Crippen molar-refractivity contribution in [2.24, 2.45) is 0 Å². The molecule has 3 rings (SSSR count). The Balaban J connectivity index is 2.02. The lowest BCUT2D eigenvalue weighted by molar-refractivity contribution is -0.188. The number of nitrogens with zero attached hydrogens (tertiary/aromatic N) is 3. The largest absolute Gasteiger partial charge is 0.342 e. The Bertz CT molecular complexity index is 658. The molecule has 5 nitrogen and oxygen atoms in total. The van der Waals surface area contributed by atoms with Gasteiger partial charge in [-0.2, -0.15) is 5.10 Å². The van der Waals surface area contributed by atoms with Crippen LogP contribution in [0.2, 0.25) is 15.1 Å². The second-order valence-corrected chi connectivity index (χ2v) is 6.68. The summed E-state index contributed by atoms with van der Waals surface area (Å²) in [5.74, 6) is -1.10. The van der Waals surface area contributed by atoms with Gasteiger partial charge in [0.1, 0.15) is 19.2 Å². The van der Waals surface area contributed by atoms with Crippen LogP contribution in [0.15, 0.2) is 24.8 Å². The topological polar surface area (TPSA) is 49.2 Å².